The summed E-state index contributed by atoms with van der Waals surface area (Å²) in [5, 5.41) is 3.83. The minimum Gasteiger partial charge on any atom is -0.493 e. The predicted octanol–water partition coefficient (Wildman–Crippen LogP) is 3.52. The fourth-order valence-corrected chi connectivity index (χ4v) is 4.02. The average Bonchev–Trinajstić information content (AvgIpc) is 3.43. The molecule has 0 spiro atoms. The lowest BCUT2D eigenvalue weighted by Gasteiger charge is -2.37. The molecule has 2 amide bonds. The summed E-state index contributed by atoms with van der Waals surface area (Å²) in [5.74, 6) is 3.57. The maximum Gasteiger partial charge on any atom is 0.253 e. The van der Waals surface area contributed by atoms with E-state index in [9.17, 15) is 9.59 Å². The van der Waals surface area contributed by atoms with Crippen molar-refractivity contribution in [1.29, 1.82) is 0 Å². The van der Waals surface area contributed by atoms with Gasteiger partial charge in [0.05, 0.1) is 6.61 Å². The second kappa shape index (κ2) is 10.7. The summed E-state index contributed by atoms with van der Waals surface area (Å²) in [4.78, 5) is 33.6. The van der Waals surface area contributed by atoms with Gasteiger partial charge in [-0.05, 0) is 49.2 Å². The van der Waals surface area contributed by atoms with E-state index in [2.05, 4.69) is 16.1 Å². The molecule has 174 valence electrons. The van der Waals surface area contributed by atoms with Crippen molar-refractivity contribution in [3.05, 3.63) is 66.1 Å². The van der Waals surface area contributed by atoms with E-state index in [1.54, 1.807) is 47.4 Å². The Labute approximate surface area is 198 Å². The summed E-state index contributed by atoms with van der Waals surface area (Å²) in [6.07, 6.45) is 8.45. The van der Waals surface area contributed by atoms with E-state index in [-0.39, 0.29) is 17.9 Å². The third-order valence-electron chi connectivity index (χ3n) is 5.97. The Morgan fingerprint density at radius 1 is 1.18 bits per heavy atom. The van der Waals surface area contributed by atoms with Gasteiger partial charge in [0, 0.05) is 49.3 Å². The molecule has 8 heteroatoms. The van der Waals surface area contributed by atoms with Crippen LogP contribution in [0.5, 0.6) is 5.75 Å². The Bertz CT molecular complexity index is 1160. The Kier molecular flexibility index (Phi) is 7.23. The van der Waals surface area contributed by atoms with Gasteiger partial charge in [0.2, 0.25) is 12.2 Å². The number of ether oxygens (including phenoxy) is 1. The zero-order chi connectivity index (χ0) is 23.9. The first kappa shape index (κ1) is 23.1. The van der Waals surface area contributed by atoms with Gasteiger partial charge in [-0.2, -0.15) is 4.98 Å². The number of amides is 2. The summed E-state index contributed by atoms with van der Waals surface area (Å²) >= 11 is 0. The molecule has 1 aliphatic heterocycles. The van der Waals surface area contributed by atoms with E-state index < -0.39 is 0 Å². The van der Waals surface area contributed by atoms with Crippen LogP contribution in [-0.2, 0) is 0 Å². The first-order chi connectivity index (χ1) is 16.6. The highest BCUT2D eigenvalue weighted by atomic mass is 16.5. The molecule has 1 saturated heterocycles. The molecule has 1 aromatic heterocycles. The average molecular weight is 459 g/mol. The Balaban J connectivity index is 1.32. The second-order valence-electron chi connectivity index (χ2n) is 8.10. The normalized spacial score (nSPS) is 13.8. The van der Waals surface area contributed by atoms with Crippen molar-refractivity contribution in [3.8, 4) is 29.5 Å². The molecule has 3 aromatic rings. The zero-order valence-corrected chi connectivity index (χ0v) is 19.0. The lowest BCUT2D eigenvalue weighted by atomic mass is 10.0. The molecule has 0 N–H and O–H groups in total. The molecule has 2 aromatic carbocycles. The fourth-order valence-electron chi connectivity index (χ4n) is 4.02. The van der Waals surface area contributed by atoms with Crippen LogP contribution in [0.15, 0.2) is 59.4 Å². The van der Waals surface area contributed by atoms with E-state index in [1.807, 2.05) is 18.0 Å². The molecule has 0 atom stereocenters. The summed E-state index contributed by atoms with van der Waals surface area (Å²) in [6, 6.07) is 14.3. The van der Waals surface area contributed by atoms with Crippen molar-refractivity contribution in [3.63, 3.8) is 0 Å². The molecule has 0 saturated carbocycles. The molecule has 34 heavy (non-hydrogen) atoms. The van der Waals surface area contributed by atoms with Crippen LogP contribution in [0.1, 0.15) is 40.0 Å². The van der Waals surface area contributed by atoms with Crippen LogP contribution in [0.25, 0.3) is 11.4 Å². The van der Waals surface area contributed by atoms with Crippen LogP contribution in [0.4, 0.5) is 0 Å². The van der Waals surface area contributed by atoms with Gasteiger partial charge in [0.1, 0.15) is 5.75 Å². The van der Waals surface area contributed by atoms with Gasteiger partial charge in [0.15, 0.2) is 0 Å². The number of likely N-dealkylation sites (tertiary alicyclic amines) is 1. The molecule has 2 heterocycles. The van der Waals surface area contributed by atoms with Crippen molar-refractivity contribution in [2.24, 2.45) is 0 Å². The first-order valence-corrected chi connectivity index (χ1v) is 11.2. The number of benzene rings is 2. The van der Waals surface area contributed by atoms with Crippen molar-refractivity contribution >= 4 is 11.8 Å². The summed E-state index contributed by atoms with van der Waals surface area (Å²) in [7, 11) is 1.81. The molecular formula is C26H26N4O4. The van der Waals surface area contributed by atoms with Crippen molar-refractivity contribution in [1.82, 2.24) is 19.9 Å². The van der Waals surface area contributed by atoms with Gasteiger partial charge in [0.25, 0.3) is 11.8 Å². The molecule has 0 unspecified atom stereocenters. The third kappa shape index (κ3) is 5.26. The zero-order valence-electron chi connectivity index (χ0n) is 19.0. The van der Waals surface area contributed by atoms with E-state index >= 15 is 0 Å². The standard InChI is InChI=1S/C26H26N4O4/c1-3-4-16-33-23-10-8-19(9-11-23)26(32)30-14-12-22(13-15-30)29(2)25(31)21-7-5-6-20(17-21)24-27-18-34-28-24/h1,5-11,17-18,22H,4,12-16H2,2H3. The quantitative estimate of drug-likeness (QED) is 0.398. The minimum atomic E-state index is -0.0736. The maximum atomic E-state index is 13.1. The smallest absolute Gasteiger partial charge is 0.253 e. The Hall–Kier alpha value is -4.12. The summed E-state index contributed by atoms with van der Waals surface area (Å²) in [6.45, 7) is 1.62. The molecule has 4 rings (SSSR count). The van der Waals surface area contributed by atoms with Gasteiger partial charge in [-0.3, -0.25) is 9.59 Å². The van der Waals surface area contributed by atoms with Crippen LogP contribution in [-0.4, -0.2) is 64.5 Å². The topological polar surface area (TPSA) is 88.8 Å². The van der Waals surface area contributed by atoms with Crippen LogP contribution in [0.3, 0.4) is 0 Å². The number of carbonyl (C=O) groups excluding carboxylic acids is 2. The van der Waals surface area contributed by atoms with Crippen molar-refractivity contribution in [2.75, 3.05) is 26.7 Å². The maximum absolute atomic E-state index is 13.1. The lowest BCUT2D eigenvalue weighted by molar-refractivity contribution is 0.0570. The summed E-state index contributed by atoms with van der Waals surface area (Å²) < 4.78 is 10.3. The fraction of sp³-hybridized carbons (Fsp3) is 0.308. The third-order valence-corrected chi connectivity index (χ3v) is 5.97. The van der Waals surface area contributed by atoms with E-state index in [0.717, 1.165) is 5.56 Å². The van der Waals surface area contributed by atoms with Crippen LogP contribution in [0.2, 0.25) is 0 Å². The first-order valence-electron chi connectivity index (χ1n) is 11.2. The number of aromatic nitrogens is 2. The molecule has 0 bridgehead atoms. The Morgan fingerprint density at radius 3 is 2.62 bits per heavy atom. The van der Waals surface area contributed by atoms with Gasteiger partial charge in [-0.1, -0.05) is 17.3 Å². The summed E-state index contributed by atoms with van der Waals surface area (Å²) in [5.41, 5.74) is 1.90. The minimum absolute atomic E-state index is 0.0181. The van der Waals surface area contributed by atoms with Crippen LogP contribution < -0.4 is 4.74 Å². The van der Waals surface area contributed by atoms with E-state index in [4.69, 9.17) is 15.7 Å². The Morgan fingerprint density at radius 2 is 1.94 bits per heavy atom. The largest absolute Gasteiger partial charge is 0.493 e. The lowest BCUT2D eigenvalue weighted by Crippen LogP contribution is -2.47. The molecule has 0 radical (unpaired) electrons. The SMILES string of the molecule is C#CCCOc1ccc(C(=O)N2CCC(N(C)C(=O)c3cccc(-c4ncon4)c3)CC2)cc1. The number of nitrogens with zero attached hydrogens (tertiary/aromatic N) is 4. The molecule has 1 fully saturated rings. The van der Waals surface area contributed by atoms with Crippen molar-refractivity contribution < 1.29 is 18.8 Å². The monoisotopic (exact) mass is 458 g/mol. The second-order valence-corrected chi connectivity index (χ2v) is 8.10. The molecule has 8 nitrogen and oxygen atoms in total. The number of terminal acetylenes is 1. The highest BCUT2D eigenvalue weighted by Crippen LogP contribution is 2.22. The van der Waals surface area contributed by atoms with Crippen LogP contribution >= 0.6 is 0 Å². The highest BCUT2D eigenvalue weighted by molar-refractivity contribution is 5.96. The predicted molar refractivity (Wildman–Crippen MR) is 126 cm³/mol. The number of hydrogen-bond acceptors (Lipinski definition) is 6. The van der Waals surface area contributed by atoms with Gasteiger partial charge in [-0.15, -0.1) is 12.3 Å². The molecular weight excluding hydrogens is 432 g/mol. The van der Waals surface area contributed by atoms with Crippen molar-refractivity contribution in [2.45, 2.75) is 25.3 Å². The van der Waals surface area contributed by atoms with Gasteiger partial charge < -0.3 is 19.1 Å². The van der Waals surface area contributed by atoms with E-state index in [1.165, 1.54) is 6.39 Å². The van der Waals surface area contributed by atoms with Gasteiger partial charge in [-0.25, -0.2) is 0 Å². The number of hydrogen-bond donors (Lipinski definition) is 0. The number of carbonyl (C=O) groups is 2. The number of piperidine rings is 1. The molecule has 1 aliphatic rings. The van der Waals surface area contributed by atoms with Crippen LogP contribution in [0, 0.1) is 12.3 Å². The number of rotatable bonds is 7. The highest BCUT2D eigenvalue weighted by Gasteiger charge is 2.28. The molecule has 0 aliphatic carbocycles. The van der Waals surface area contributed by atoms with Gasteiger partial charge >= 0.3 is 0 Å². The van der Waals surface area contributed by atoms with E-state index in [0.29, 0.717) is 61.7 Å².